The number of carbonyl (C=O) groups is 2. The van der Waals surface area contributed by atoms with E-state index in [-0.39, 0.29) is 23.5 Å². The monoisotopic (exact) mass is 373 g/mol. The summed E-state index contributed by atoms with van der Waals surface area (Å²) in [6, 6.07) is 7.22. The highest BCUT2D eigenvalue weighted by Crippen LogP contribution is 2.43. The van der Waals surface area contributed by atoms with E-state index < -0.39 is 17.3 Å². The highest BCUT2D eigenvalue weighted by atomic mass is 16.5. The van der Waals surface area contributed by atoms with Gasteiger partial charge in [-0.1, -0.05) is 26.8 Å². The summed E-state index contributed by atoms with van der Waals surface area (Å²) in [6.07, 6.45) is 2.60. The number of methoxy groups -OCH3 is 2. The first-order valence-electron chi connectivity index (χ1n) is 8.91. The number of nitrogens with one attached hydrogen (secondary N) is 1. The minimum Gasteiger partial charge on any atom is -0.511 e. The van der Waals surface area contributed by atoms with Gasteiger partial charge in [0.1, 0.15) is 17.4 Å². The average molecular weight is 373 g/mol. The molecule has 0 bridgehead atoms. The standard InChI is InChI=1S/C21H27NO5/c1-6-7-15(22-13-8-10-14(26-4)11-9-13)17-16(23)12-21(2,3)18(19(17)24)20(25)27-5/h7-11,18,22,24H,6,12H2,1-5H3/t18-/m1/s1. The van der Waals surface area contributed by atoms with Crippen LogP contribution in [0.2, 0.25) is 0 Å². The van der Waals surface area contributed by atoms with Crippen molar-refractivity contribution in [2.75, 3.05) is 19.5 Å². The first-order valence-corrected chi connectivity index (χ1v) is 8.91. The number of benzene rings is 1. The van der Waals surface area contributed by atoms with Crippen LogP contribution in [0, 0.1) is 11.3 Å². The quantitative estimate of drug-likeness (QED) is 0.733. The third kappa shape index (κ3) is 4.32. The van der Waals surface area contributed by atoms with Gasteiger partial charge >= 0.3 is 5.97 Å². The van der Waals surface area contributed by atoms with Gasteiger partial charge in [-0.3, -0.25) is 9.59 Å². The Bertz CT molecular complexity index is 774. The summed E-state index contributed by atoms with van der Waals surface area (Å²) in [5.74, 6) is -1.19. The second-order valence-corrected chi connectivity index (χ2v) is 7.18. The zero-order valence-electron chi connectivity index (χ0n) is 16.5. The van der Waals surface area contributed by atoms with Gasteiger partial charge in [-0.05, 0) is 36.1 Å². The molecule has 6 nitrogen and oxygen atoms in total. The van der Waals surface area contributed by atoms with Gasteiger partial charge in [-0.2, -0.15) is 0 Å². The maximum Gasteiger partial charge on any atom is 0.316 e. The van der Waals surface area contributed by atoms with Crippen LogP contribution in [0.4, 0.5) is 5.69 Å². The molecule has 0 fully saturated rings. The number of Topliss-reactive ketones (excluding diaryl/α,β-unsaturated/α-hetero) is 1. The molecule has 0 radical (unpaired) electrons. The number of anilines is 1. The second kappa shape index (κ2) is 8.29. The van der Waals surface area contributed by atoms with E-state index in [9.17, 15) is 14.7 Å². The molecule has 0 unspecified atom stereocenters. The second-order valence-electron chi connectivity index (χ2n) is 7.18. The maximum absolute atomic E-state index is 12.8. The zero-order chi connectivity index (χ0) is 20.2. The minimum atomic E-state index is -0.895. The third-order valence-electron chi connectivity index (χ3n) is 4.69. The van der Waals surface area contributed by atoms with Crippen LogP contribution >= 0.6 is 0 Å². The van der Waals surface area contributed by atoms with Gasteiger partial charge in [0, 0.05) is 17.8 Å². The van der Waals surface area contributed by atoms with Gasteiger partial charge in [0.15, 0.2) is 5.78 Å². The van der Waals surface area contributed by atoms with Crippen molar-refractivity contribution in [1.82, 2.24) is 0 Å². The average Bonchev–Trinajstić information content (AvgIpc) is 2.61. The molecule has 1 aliphatic rings. The minimum absolute atomic E-state index is 0.136. The van der Waals surface area contributed by atoms with E-state index >= 15 is 0 Å². The third-order valence-corrected chi connectivity index (χ3v) is 4.69. The summed E-state index contributed by atoms with van der Waals surface area (Å²) in [5.41, 5.74) is 0.634. The van der Waals surface area contributed by atoms with Crippen molar-refractivity contribution in [3.63, 3.8) is 0 Å². The number of aliphatic hydroxyl groups excluding tert-OH is 1. The number of esters is 1. The fourth-order valence-electron chi connectivity index (χ4n) is 3.35. The molecule has 6 heteroatoms. The number of ketones is 1. The lowest BCUT2D eigenvalue weighted by Crippen LogP contribution is -2.41. The molecular weight excluding hydrogens is 346 g/mol. The van der Waals surface area contributed by atoms with Crippen LogP contribution in [0.1, 0.15) is 33.6 Å². The Morgan fingerprint density at radius 2 is 1.93 bits per heavy atom. The predicted molar refractivity (Wildman–Crippen MR) is 104 cm³/mol. The normalized spacial score (nSPS) is 19.7. The van der Waals surface area contributed by atoms with Crippen molar-refractivity contribution in [2.45, 2.75) is 33.6 Å². The van der Waals surface area contributed by atoms with Crippen LogP contribution < -0.4 is 10.1 Å². The van der Waals surface area contributed by atoms with E-state index in [1.165, 1.54) is 7.11 Å². The van der Waals surface area contributed by atoms with Gasteiger partial charge in [-0.25, -0.2) is 0 Å². The molecule has 1 atom stereocenters. The summed E-state index contributed by atoms with van der Waals surface area (Å²) in [5, 5.41) is 14.0. The van der Waals surface area contributed by atoms with E-state index in [4.69, 9.17) is 9.47 Å². The highest BCUT2D eigenvalue weighted by molar-refractivity contribution is 6.03. The molecule has 0 saturated carbocycles. The first kappa shape index (κ1) is 20.6. The van der Waals surface area contributed by atoms with Crippen molar-refractivity contribution in [1.29, 1.82) is 0 Å². The Morgan fingerprint density at radius 3 is 2.44 bits per heavy atom. The van der Waals surface area contributed by atoms with Crippen molar-refractivity contribution in [2.24, 2.45) is 11.3 Å². The Kier molecular flexibility index (Phi) is 6.31. The van der Waals surface area contributed by atoms with E-state index in [0.29, 0.717) is 17.9 Å². The van der Waals surface area contributed by atoms with Gasteiger partial charge in [-0.15, -0.1) is 0 Å². The SMILES string of the molecule is CCC=C(Nc1ccc(OC)cc1)C1=C(O)[C@H](C(=O)OC)C(C)(C)CC1=O. The number of hydrogen-bond donors (Lipinski definition) is 2. The topological polar surface area (TPSA) is 84.9 Å². The maximum atomic E-state index is 12.8. The van der Waals surface area contributed by atoms with Crippen molar-refractivity contribution < 1.29 is 24.2 Å². The summed E-state index contributed by atoms with van der Waals surface area (Å²) < 4.78 is 10.0. The molecule has 0 amide bonds. The smallest absolute Gasteiger partial charge is 0.316 e. The van der Waals surface area contributed by atoms with Crippen LogP contribution in [0.25, 0.3) is 0 Å². The molecule has 2 N–H and O–H groups in total. The molecule has 1 aliphatic carbocycles. The molecule has 146 valence electrons. The predicted octanol–water partition coefficient (Wildman–Crippen LogP) is 4.00. The Labute approximate surface area is 159 Å². The van der Waals surface area contributed by atoms with Gasteiger partial charge in [0.2, 0.25) is 0 Å². The number of aliphatic hydroxyl groups is 1. The van der Waals surface area contributed by atoms with E-state index in [1.54, 1.807) is 33.1 Å². The van der Waals surface area contributed by atoms with Crippen molar-refractivity contribution in [3.8, 4) is 5.75 Å². The number of hydrogen-bond acceptors (Lipinski definition) is 6. The Balaban J connectivity index is 2.48. The fraction of sp³-hybridized carbons (Fsp3) is 0.429. The summed E-state index contributed by atoms with van der Waals surface area (Å²) >= 11 is 0. The molecule has 2 rings (SSSR count). The molecule has 1 aromatic carbocycles. The highest BCUT2D eigenvalue weighted by Gasteiger charge is 2.47. The van der Waals surface area contributed by atoms with Crippen LogP contribution in [-0.4, -0.2) is 31.1 Å². The lowest BCUT2D eigenvalue weighted by atomic mass is 9.68. The number of allylic oxidation sites excluding steroid dienone is 2. The fourth-order valence-corrected chi connectivity index (χ4v) is 3.35. The first-order chi connectivity index (χ1) is 12.7. The van der Waals surface area contributed by atoms with Gasteiger partial charge in [0.25, 0.3) is 0 Å². The molecular formula is C21H27NO5. The molecule has 0 aliphatic heterocycles. The Hall–Kier alpha value is -2.76. The number of carbonyl (C=O) groups excluding carboxylic acids is 2. The van der Waals surface area contributed by atoms with E-state index in [1.807, 2.05) is 25.1 Å². The van der Waals surface area contributed by atoms with Crippen molar-refractivity contribution in [3.05, 3.63) is 47.4 Å². The molecule has 0 spiro atoms. The lowest BCUT2D eigenvalue weighted by Gasteiger charge is -2.36. The zero-order valence-corrected chi connectivity index (χ0v) is 16.5. The van der Waals surface area contributed by atoms with E-state index in [0.717, 1.165) is 5.69 Å². The largest absolute Gasteiger partial charge is 0.511 e. The molecule has 1 aromatic rings. The van der Waals surface area contributed by atoms with Crippen LogP contribution in [0.5, 0.6) is 5.75 Å². The molecule has 27 heavy (non-hydrogen) atoms. The lowest BCUT2D eigenvalue weighted by molar-refractivity contribution is -0.150. The summed E-state index contributed by atoms with van der Waals surface area (Å²) in [7, 11) is 2.86. The summed E-state index contributed by atoms with van der Waals surface area (Å²) in [6.45, 7) is 5.49. The summed E-state index contributed by atoms with van der Waals surface area (Å²) in [4.78, 5) is 25.1. The van der Waals surface area contributed by atoms with Gasteiger partial charge in [0.05, 0.1) is 19.8 Å². The van der Waals surface area contributed by atoms with Crippen LogP contribution in [0.3, 0.4) is 0 Å². The molecule has 0 saturated heterocycles. The van der Waals surface area contributed by atoms with Crippen LogP contribution in [0.15, 0.2) is 47.4 Å². The number of ether oxygens (including phenoxy) is 2. The number of rotatable bonds is 6. The van der Waals surface area contributed by atoms with Crippen molar-refractivity contribution >= 4 is 17.4 Å². The van der Waals surface area contributed by atoms with E-state index in [2.05, 4.69) is 5.32 Å². The molecule has 0 aromatic heterocycles. The molecule has 0 heterocycles. The van der Waals surface area contributed by atoms with Crippen LogP contribution in [-0.2, 0) is 14.3 Å². The Morgan fingerprint density at radius 1 is 1.30 bits per heavy atom. The van der Waals surface area contributed by atoms with Gasteiger partial charge < -0.3 is 19.9 Å².